The van der Waals surface area contributed by atoms with E-state index in [0.717, 1.165) is 25.7 Å². The molecule has 0 N–H and O–H groups in total. The highest BCUT2D eigenvalue weighted by Gasteiger charge is 2.69. The first-order valence-corrected chi connectivity index (χ1v) is 17.9. The van der Waals surface area contributed by atoms with E-state index in [0.29, 0.717) is 25.7 Å². The summed E-state index contributed by atoms with van der Waals surface area (Å²) in [5.41, 5.74) is -2.79. The molecule has 0 aromatic heterocycles. The zero-order chi connectivity index (χ0) is 35.0. The number of amides is 6. The molecule has 0 aromatic carbocycles. The van der Waals surface area contributed by atoms with Crippen LogP contribution < -0.4 is 0 Å². The highest BCUT2D eigenvalue weighted by molar-refractivity contribution is 6.08. The number of unbranched alkanes of at least 4 members (excludes halogenated alkanes) is 1. The first-order valence-electron chi connectivity index (χ1n) is 17.9. The topological polar surface area (TPSA) is 87.7 Å². The van der Waals surface area contributed by atoms with Crippen molar-refractivity contribution in [2.24, 2.45) is 11.8 Å². The Morgan fingerprint density at radius 1 is 0.565 bits per heavy atom. The maximum Gasteiger partial charge on any atom is 0.327 e. The summed E-state index contributed by atoms with van der Waals surface area (Å²) in [7, 11) is 7.91. The molecular weight excluding hydrogens is 580 g/mol. The number of nitrogens with zero attached hydrogens (tertiary/aromatic N) is 6. The third-order valence-electron chi connectivity index (χ3n) is 15.2. The predicted octanol–water partition coefficient (Wildman–Crippen LogP) is 5.65. The van der Waals surface area contributed by atoms with Crippen molar-refractivity contribution in [1.29, 1.82) is 0 Å². The Balaban J connectivity index is 1.52. The van der Waals surface area contributed by atoms with Crippen molar-refractivity contribution < 1.29 is 19.2 Å². The lowest BCUT2D eigenvalue weighted by molar-refractivity contribution is -0.160. The van der Waals surface area contributed by atoms with Gasteiger partial charge in [0.2, 0.25) is 0 Å². The molecule has 4 fully saturated rings. The van der Waals surface area contributed by atoms with Crippen LogP contribution in [-0.4, -0.2) is 128 Å². The first kappa shape index (κ1) is 36.6. The van der Waals surface area contributed by atoms with Crippen LogP contribution in [0, 0.1) is 11.8 Å². The summed E-state index contributed by atoms with van der Waals surface area (Å²) in [6, 6.07) is -0.494. The molecule has 46 heavy (non-hydrogen) atoms. The van der Waals surface area contributed by atoms with Gasteiger partial charge in [-0.15, -0.1) is 0 Å². The SMILES string of the molecule is CCC1(C)CC2(C(=O)N(CCCCN3C(=O)N(C)C4(CC(C)(CC)N(C)C(C)(CC)C4C)C3=O)C(=O)N2C)C(C)C(C)(CC)N1C. The Morgan fingerprint density at radius 3 is 1.13 bits per heavy atom. The van der Waals surface area contributed by atoms with E-state index in [1.54, 1.807) is 23.9 Å². The van der Waals surface area contributed by atoms with Gasteiger partial charge in [-0.05, 0) is 93.2 Å². The van der Waals surface area contributed by atoms with E-state index >= 15 is 0 Å². The largest absolute Gasteiger partial charge is 0.327 e. The minimum Gasteiger partial charge on any atom is -0.312 e. The molecule has 0 radical (unpaired) electrons. The van der Waals surface area contributed by atoms with E-state index in [2.05, 4.69) is 93.1 Å². The number of likely N-dealkylation sites (tertiary alicyclic amines) is 2. The number of carbonyl (C=O) groups excluding carboxylic acids is 4. The molecule has 4 rings (SSSR count). The van der Waals surface area contributed by atoms with Gasteiger partial charge in [0.25, 0.3) is 11.8 Å². The van der Waals surface area contributed by atoms with Gasteiger partial charge in [0, 0.05) is 61.2 Å². The smallest absolute Gasteiger partial charge is 0.312 e. The molecule has 0 aliphatic carbocycles. The quantitative estimate of drug-likeness (QED) is 0.238. The van der Waals surface area contributed by atoms with Crippen LogP contribution in [0.3, 0.4) is 0 Å². The fourth-order valence-corrected chi connectivity index (χ4v) is 10.3. The third kappa shape index (κ3) is 4.47. The number of imide groups is 2. The Kier molecular flexibility index (Phi) is 9.35. The van der Waals surface area contributed by atoms with Crippen molar-refractivity contribution in [1.82, 2.24) is 29.4 Å². The number of urea groups is 2. The fraction of sp³-hybridized carbons (Fsp3) is 0.889. The summed E-state index contributed by atoms with van der Waals surface area (Å²) in [4.78, 5) is 67.5. The number of piperidine rings is 2. The maximum atomic E-state index is 14.4. The van der Waals surface area contributed by atoms with E-state index in [9.17, 15) is 19.2 Å². The fourth-order valence-electron chi connectivity index (χ4n) is 10.3. The highest BCUT2D eigenvalue weighted by atomic mass is 16.2. The third-order valence-corrected chi connectivity index (χ3v) is 15.2. The molecule has 8 unspecified atom stereocenters. The van der Waals surface area contributed by atoms with Crippen LogP contribution >= 0.6 is 0 Å². The standard InChI is InChI=1S/C36H64N6O4/c1-15-31(7)23-35(25(5)33(9,17-3)39(31)13)27(43)41(29(45)37(35)11)21-19-20-22-42-28(44)36(38(12)30(42)46)24-32(8,16-2)40(14)34(10,18-4)26(36)6/h25-26H,15-24H2,1-14H3. The van der Waals surface area contributed by atoms with Gasteiger partial charge in [-0.1, -0.05) is 41.5 Å². The number of hydrogen-bond acceptors (Lipinski definition) is 6. The van der Waals surface area contributed by atoms with Crippen LogP contribution in [0.1, 0.15) is 121 Å². The van der Waals surface area contributed by atoms with E-state index in [-0.39, 0.29) is 71.0 Å². The average molecular weight is 645 g/mol. The van der Waals surface area contributed by atoms with Crippen molar-refractivity contribution in [3.05, 3.63) is 0 Å². The van der Waals surface area contributed by atoms with Gasteiger partial charge >= 0.3 is 12.1 Å². The zero-order valence-corrected chi connectivity index (χ0v) is 31.5. The molecule has 0 bridgehead atoms. The zero-order valence-electron chi connectivity index (χ0n) is 31.5. The van der Waals surface area contributed by atoms with Crippen LogP contribution in [0.25, 0.3) is 0 Å². The Labute approximate surface area is 279 Å². The van der Waals surface area contributed by atoms with Crippen molar-refractivity contribution in [3.63, 3.8) is 0 Å². The minimum atomic E-state index is -0.906. The van der Waals surface area contributed by atoms with Gasteiger partial charge in [-0.3, -0.25) is 29.2 Å². The van der Waals surface area contributed by atoms with Crippen molar-refractivity contribution in [2.75, 3.05) is 41.3 Å². The van der Waals surface area contributed by atoms with Gasteiger partial charge in [0.05, 0.1) is 0 Å². The molecule has 0 saturated carbocycles. The summed E-state index contributed by atoms with van der Waals surface area (Å²) in [5, 5.41) is 0. The highest BCUT2D eigenvalue weighted by Crippen LogP contribution is 2.55. The molecule has 4 heterocycles. The second-order valence-electron chi connectivity index (χ2n) is 16.2. The van der Waals surface area contributed by atoms with E-state index < -0.39 is 11.1 Å². The van der Waals surface area contributed by atoms with Gasteiger partial charge in [0.15, 0.2) is 0 Å². The Bertz CT molecular complexity index is 1170. The normalized spacial score (nSPS) is 42.6. The summed E-state index contributed by atoms with van der Waals surface area (Å²) < 4.78 is 0. The lowest BCUT2D eigenvalue weighted by atomic mass is 9.59. The molecular formula is C36H64N6O4. The summed E-state index contributed by atoms with van der Waals surface area (Å²) in [6.45, 7) is 22.4. The number of likely N-dealkylation sites (N-methyl/N-ethyl adjacent to an activating group) is 2. The molecule has 4 aliphatic rings. The molecule has 4 aliphatic heterocycles. The van der Waals surface area contributed by atoms with Crippen molar-refractivity contribution in [3.8, 4) is 0 Å². The van der Waals surface area contributed by atoms with E-state index in [1.165, 1.54) is 9.80 Å². The molecule has 2 spiro atoms. The lowest BCUT2D eigenvalue weighted by Crippen LogP contribution is -2.74. The first-order chi connectivity index (χ1) is 21.2. The Hall–Kier alpha value is -2.20. The van der Waals surface area contributed by atoms with Gasteiger partial charge in [-0.2, -0.15) is 0 Å². The number of carbonyl (C=O) groups is 4. The molecule has 4 saturated heterocycles. The van der Waals surface area contributed by atoms with Gasteiger partial charge in [-0.25, -0.2) is 9.59 Å². The molecule has 262 valence electrons. The number of rotatable bonds is 9. The lowest BCUT2D eigenvalue weighted by Gasteiger charge is -2.63. The van der Waals surface area contributed by atoms with Crippen LogP contribution in [0.4, 0.5) is 9.59 Å². The van der Waals surface area contributed by atoms with Crippen LogP contribution in [0.2, 0.25) is 0 Å². The summed E-state index contributed by atoms with van der Waals surface area (Å²) in [5.74, 6) is -0.340. The van der Waals surface area contributed by atoms with Gasteiger partial charge in [0.1, 0.15) is 11.1 Å². The van der Waals surface area contributed by atoms with Crippen LogP contribution in [0.15, 0.2) is 0 Å². The van der Waals surface area contributed by atoms with E-state index in [4.69, 9.17) is 0 Å². The predicted molar refractivity (Wildman–Crippen MR) is 182 cm³/mol. The molecule has 8 atom stereocenters. The van der Waals surface area contributed by atoms with Crippen LogP contribution in [0.5, 0.6) is 0 Å². The second kappa shape index (κ2) is 11.7. The molecule has 0 aromatic rings. The van der Waals surface area contributed by atoms with Crippen molar-refractivity contribution in [2.45, 2.75) is 154 Å². The van der Waals surface area contributed by atoms with Gasteiger partial charge < -0.3 is 9.80 Å². The molecule has 10 heteroatoms. The van der Waals surface area contributed by atoms with E-state index in [1.807, 2.05) is 0 Å². The maximum absolute atomic E-state index is 14.4. The summed E-state index contributed by atoms with van der Waals surface area (Å²) >= 11 is 0. The Morgan fingerprint density at radius 2 is 0.870 bits per heavy atom. The average Bonchev–Trinajstić information content (AvgIpc) is 3.33. The molecule has 6 amide bonds. The monoisotopic (exact) mass is 644 g/mol. The summed E-state index contributed by atoms with van der Waals surface area (Å²) in [6.07, 6.45) is 5.72. The van der Waals surface area contributed by atoms with Crippen LogP contribution in [-0.2, 0) is 9.59 Å². The second-order valence-corrected chi connectivity index (χ2v) is 16.2. The minimum absolute atomic E-state index is 0.0632. The van der Waals surface area contributed by atoms with Crippen molar-refractivity contribution >= 4 is 23.9 Å². The molecule has 10 nitrogen and oxygen atoms in total. The number of hydrogen-bond donors (Lipinski definition) is 0.